The summed E-state index contributed by atoms with van der Waals surface area (Å²) < 4.78 is 57.5. The van der Waals surface area contributed by atoms with E-state index < -0.39 is 20.6 Å². The third kappa shape index (κ3) is 7.42. The Hall–Kier alpha value is -0.580. The van der Waals surface area contributed by atoms with Crippen LogP contribution in [0.25, 0.3) is 0 Å². The molecule has 0 fully saturated rings. The molecule has 0 rings (SSSR count). The van der Waals surface area contributed by atoms with Gasteiger partial charge in [0.25, 0.3) is 0 Å². The van der Waals surface area contributed by atoms with Crippen molar-refractivity contribution < 1.29 is 25.9 Å². The molecule has 8 nitrogen and oxygen atoms in total. The van der Waals surface area contributed by atoms with Crippen LogP contribution in [-0.2, 0) is 20.6 Å². The summed E-state index contributed by atoms with van der Waals surface area (Å²) in [6, 6.07) is 0. The van der Waals surface area contributed by atoms with E-state index >= 15 is 0 Å². The van der Waals surface area contributed by atoms with Crippen LogP contribution in [-0.4, -0.2) is 25.9 Å². The molecule has 2 N–H and O–H groups in total. The predicted octanol–water partition coefficient (Wildman–Crippen LogP) is -0.956. The first kappa shape index (κ1) is 9.42. The van der Waals surface area contributed by atoms with Crippen LogP contribution in [0.4, 0.5) is 0 Å². The quantitative estimate of drug-likeness (QED) is 0.425. The highest BCUT2D eigenvalue weighted by Crippen LogP contribution is 1.90. The Morgan fingerprint density at radius 2 is 1.00 bits per heavy atom. The Kier molecular flexibility index (Phi) is 2.42. The molecule has 0 radical (unpaired) electrons. The molecule has 0 spiro atoms. The molecule has 10 heavy (non-hydrogen) atoms. The fraction of sp³-hybridized carbons (Fsp3) is 0. The van der Waals surface area contributed by atoms with Crippen molar-refractivity contribution in [2.45, 2.75) is 0 Å². The van der Waals surface area contributed by atoms with E-state index in [4.69, 9.17) is 9.11 Å². The highest BCUT2D eigenvalue weighted by atomic mass is 32.2. The van der Waals surface area contributed by atoms with Crippen LogP contribution in [0.3, 0.4) is 0 Å². The van der Waals surface area contributed by atoms with Gasteiger partial charge >= 0.3 is 20.6 Å². The van der Waals surface area contributed by atoms with E-state index in [2.05, 4.69) is 0 Å². The average molecular weight is 190 g/mol. The second kappa shape index (κ2) is 2.57. The summed E-state index contributed by atoms with van der Waals surface area (Å²) in [5.74, 6) is 0. The molecule has 60 valence electrons. The van der Waals surface area contributed by atoms with E-state index in [-0.39, 0.29) is 0 Å². The Bertz CT molecular complexity index is 283. The van der Waals surface area contributed by atoms with Crippen LogP contribution in [0.2, 0.25) is 0 Å². The molecule has 0 aromatic carbocycles. The van der Waals surface area contributed by atoms with Crippen molar-refractivity contribution in [2.24, 2.45) is 9.04 Å². The number of hydrogen-bond donors (Lipinski definition) is 2. The van der Waals surface area contributed by atoms with Crippen molar-refractivity contribution >= 4 is 20.6 Å². The minimum Gasteiger partial charge on any atom is -0.266 e. The average Bonchev–Trinajstić information content (AvgIpc) is 1.57. The summed E-state index contributed by atoms with van der Waals surface area (Å²) in [6.07, 6.45) is 0. The minimum absolute atomic E-state index is 1.84. The minimum atomic E-state index is -4.84. The largest absolute Gasteiger partial charge is 0.396 e. The molecular weight excluding hydrogens is 188 g/mol. The lowest BCUT2D eigenvalue weighted by atomic mass is 13.2. The lowest BCUT2D eigenvalue weighted by molar-refractivity contribution is 0.471. The normalized spacial score (nSPS) is 14.2. The fourth-order valence-corrected chi connectivity index (χ4v) is 0.758. The molecule has 0 aliphatic carbocycles. The smallest absolute Gasteiger partial charge is 0.266 e. The van der Waals surface area contributed by atoms with E-state index in [1.165, 1.54) is 0 Å². The lowest BCUT2D eigenvalue weighted by Gasteiger charge is -1.80. The standard InChI is InChI=1S/H2N2O6S2/c3-9(4,5)1-2-10(6,7)8/h(H,3,4,5)(H,6,7,8)/b2-1+. The van der Waals surface area contributed by atoms with Crippen molar-refractivity contribution in [3.63, 3.8) is 0 Å². The number of hydrogen-bond acceptors (Lipinski definition) is 4. The summed E-state index contributed by atoms with van der Waals surface area (Å²) in [4.78, 5) is 0. The van der Waals surface area contributed by atoms with Gasteiger partial charge in [-0.05, 0) is 9.04 Å². The van der Waals surface area contributed by atoms with E-state index in [0.29, 0.717) is 0 Å². The van der Waals surface area contributed by atoms with E-state index in [1.807, 2.05) is 9.04 Å². The number of nitrogens with zero attached hydrogens (tertiary/aromatic N) is 2. The molecule has 0 saturated heterocycles. The highest BCUT2D eigenvalue weighted by molar-refractivity contribution is 7.86. The highest BCUT2D eigenvalue weighted by Gasteiger charge is 2.04. The van der Waals surface area contributed by atoms with Gasteiger partial charge in [0.1, 0.15) is 0 Å². The maximum absolute atomic E-state index is 9.60. The second-order valence-corrected chi connectivity index (χ2v) is 3.18. The third-order valence-electron chi connectivity index (χ3n) is 0.240. The van der Waals surface area contributed by atoms with Gasteiger partial charge in [-0.2, -0.15) is 16.8 Å². The summed E-state index contributed by atoms with van der Waals surface area (Å²) >= 11 is 0. The second-order valence-electron chi connectivity index (χ2n) is 1.06. The van der Waals surface area contributed by atoms with Crippen LogP contribution in [0, 0.1) is 0 Å². The topological polar surface area (TPSA) is 133 Å². The first-order valence-electron chi connectivity index (χ1n) is 1.60. The maximum Gasteiger partial charge on any atom is 0.396 e. The Morgan fingerprint density at radius 1 is 0.800 bits per heavy atom. The van der Waals surface area contributed by atoms with Crippen LogP contribution in [0.1, 0.15) is 0 Å². The van der Waals surface area contributed by atoms with Gasteiger partial charge < -0.3 is 0 Å². The summed E-state index contributed by atoms with van der Waals surface area (Å²) in [7, 11) is -9.68. The van der Waals surface area contributed by atoms with Gasteiger partial charge in [-0.3, -0.25) is 9.11 Å². The molecule has 0 aliphatic heterocycles. The molecular formula is H2N2O6S2. The summed E-state index contributed by atoms with van der Waals surface area (Å²) in [5.41, 5.74) is 0. The molecule has 0 aliphatic rings. The van der Waals surface area contributed by atoms with Crippen LogP contribution in [0.15, 0.2) is 9.04 Å². The van der Waals surface area contributed by atoms with Crippen LogP contribution < -0.4 is 0 Å². The zero-order valence-corrected chi connectivity index (χ0v) is 5.87. The monoisotopic (exact) mass is 190 g/mol. The summed E-state index contributed by atoms with van der Waals surface area (Å²) in [6.45, 7) is 0. The van der Waals surface area contributed by atoms with Gasteiger partial charge in [-0.25, -0.2) is 0 Å². The number of rotatable bonds is 2. The summed E-state index contributed by atoms with van der Waals surface area (Å²) in [5, 5.41) is 0. The molecule has 0 atom stereocenters. The SMILES string of the molecule is O=S(=O)(O)/N=N/S(=O)(=O)O. The maximum atomic E-state index is 9.60. The van der Waals surface area contributed by atoms with Gasteiger partial charge in [-0.15, -0.1) is 0 Å². The van der Waals surface area contributed by atoms with Gasteiger partial charge in [0.15, 0.2) is 0 Å². The van der Waals surface area contributed by atoms with Crippen molar-refractivity contribution in [3.05, 3.63) is 0 Å². The van der Waals surface area contributed by atoms with Crippen molar-refractivity contribution in [3.8, 4) is 0 Å². The van der Waals surface area contributed by atoms with E-state index in [0.717, 1.165) is 0 Å². The van der Waals surface area contributed by atoms with Gasteiger partial charge in [-0.1, -0.05) is 0 Å². The van der Waals surface area contributed by atoms with Crippen molar-refractivity contribution in [2.75, 3.05) is 0 Å². The van der Waals surface area contributed by atoms with Gasteiger partial charge in [0.2, 0.25) is 0 Å². The van der Waals surface area contributed by atoms with Crippen LogP contribution >= 0.6 is 0 Å². The first-order valence-corrected chi connectivity index (χ1v) is 4.39. The zero-order valence-electron chi connectivity index (χ0n) is 4.24. The Balaban J connectivity index is 4.64. The molecule has 0 bridgehead atoms. The third-order valence-corrected chi connectivity index (χ3v) is 0.919. The fourth-order valence-electron chi connectivity index (χ4n) is 0.0842. The molecule has 0 heterocycles. The first-order chi connectivity index (χ1) is 4.21. The molecule has 0 aromatic rings. The van der Waals surface area contributed by atoms with Crippen molar-refractivity contribution in [1.29, 1.82) is 0 Å². The van der Waals surface area contributed by atoms with E-state index in [1.54, 1.807) is 0 Å². The van der Waals surface area contributed by atoms with Gasteiger partial charge in [0.05, 0.1) is 0 Å². The molecule has 0 saturated carbocycles. The molecule has 0 unspecified atom stereocenters. The van der Waals surface area contributed by atoms with Crippen molar-refractivity contribution in [1.82, 2.24) is 0 Å². The Labute approximate surface area is 56.3 Å². The predicted molar refractivity (Wildman–Crippen MR) is 28.0 cm³/mol. The Morgan fingerprint density at radius 3 is 1.10 bits per heavy atom. The zero-order chi connectivity index (χ0) is 8.41. The lowest BCUT2D eigenvalue weighted by Crippen LogP contribution is -1.94. The molecule has 0 amide bonds. The van der Waals surface area contributed by atoms with Gasteiger partial charge in [0, 0.05) is 0 Å². The van der Waals surface area contributed by atoms with E-state index in [9.17, 15) is 16.8 Å². The molecule has 0 aromatic heterocycles. The molecule has 10 heteroatoms. The van der Waals surface area contributed by atoms with Crippen LogP contribution in [0.5, 0.6) is 0 Å².